The van der Waals surface area contributed by atoms with Crippen LogP contribution in [0.1, 0.15) is 34.1 Å². The highest BCUT2D eigenvalue weighted by Crippen LogP contribution is 2.39. The van der Waals surface area contributed by atoms with E-state index in [1.54, 1.807) is 12.1 Å². The Balaban J connectivity index is 1.72. The van der Waals surface area contributed by atoms with Crippen LogP contribution in [-0.2, 0) is 17.6 Å². The van der Waals surface area contributed by atoms with Gasteiger partial charge >= 0.3 is 5.97 Å². The lowest BCUT2D eigenvalue weighted by molar-refractivity contribution is -0.118. The van der Waals surface area contributed by atoms with Crippen LogP contribution < -0.4 is 10.1 Å². The summed E-state index contributed by atoms with van der Waals surface area (Å²) in [6.07, 6.45) is 2.61. The van der Waals surface area contributed by atoms with Crippen molar-refractivity contribution in [2.24, 2.45) is 5.92 Å². The summed E-state index contributed by atoms with van der Waals surface area (Å²) in [5.41, 5.74) is 1.12. The van der Waals surface area contributed by atoms with Crippen molar-refractivity contribution in [1.82, 2.24) is 0 Å². The zero-order valence-corrected chi connectivity index (χ0v) is 14.2. The molecule has 126 valence electrons. The summed E-state index contributed by atoms with van der Waals surface area (Å²) in [7, 11) is 0. The molecule has 2 aromatic rings. The number of fused-ring (bicyclic) bond motifs is 1. The molecule has 3 rings (SSSR count). The molecule has 0 spiro atoms. The Morgan fingerprint density at radius 3 is 2.79 bits per heavy atom. The monoisotopic (exact) mass is 345 g/mol. The molecule has 0 saturated carbocycles. The summed E-state index contributed by atoms with van der Waals surface area (Å²) >= 11 is 1.38. The zero-order valence-electron chi connectivity index (χ0n) is 13.4. The van der Waals surface area contributed by atoms with Crippen molar-refractivity contribution < 1.29 is 19.4 Å². The smallest absolute Gasteiger partial charge is 0.339 e. The van der Waals surface area contributed by atoms with Gasteiger partial charge in [-0.25, -0.2) is 4.79 Å². The first kappa shape index (κ1) is 16.5. The highest BCUT2D eigenvalue weighted by atomic mass is 32.1. The molecule has 1 heterocycles. The number of thiophene rings is 1. The number of carbonyl (C=O) groups is 2. The number of benzene rings is 1. The van der Waals surface area contributed by atoms with Crippen LogP contribution in [-0.4, -0.2) is 23.6 Å². The first-order valence-corrected chi connectivity index (χ1v) is 8.71. The summed E-state index contributed by atoms with van der Waals surface area (Å²) < 4.78 is 5.40. The molecule has 5 nitrogen and oxygen atoms in total. The van der Waals surface area contributed by atoms with Gasteiger partial charge in [-0.05, 0) is 42.9 Å². The van der Waals surface area contributed by atoms with Gasteiger partial charge in [-0.2, -0.15) is 0 Å². The molecular formula is C18H19NO4S. The molecule has 6 heteroatoms. The molecule has 0 saturated heterocycles. The predicted octanol–water partition coefficient (Wildman–Crippen LogP) is 3.59. The number of carboxylic acids is 1. The molecule has 0 aliphatic heterocycles. The molecular weight excluding hydrogens is 326 g/mol. The van der Waals surface area contributed by atoms with E-state index < -0.39 is 5.97 Å². The van der Waals surface area contributed by atoms with Crippen LogP contribution in [0.15, 0.2) is 30.3 Å². The summed E-state index contributed by atoms with van der Waals surface area (Å²) in [6.45, 7) is 2.01. The number of para-hydroxylation sites is 1. The van der Waals surface area contributed by atoms with Crippen molar-refractivity contribution in [3.05, 3.63) is 46.3 Å². The number of rotatable bonds is 5. The van der Waals surface area contributed by atoms with E-state index in [-0.39, 0.29) is 18.1 Å². The minimum Gasteiger partial charge on any atom is -0.484 e. The second kappa shape index (κ2) is 7.05. The van der Waals surface area contributed by atoms with E-state index in [2.05, 4.69) is 12.2 Å². The van der Waals surface area contributed by atoms with Gasteiger partial charge in [0.05, 0.1) is 5.56 Å². The van der Waals surface area contributed by atoms with E-state index in [9.17, 15) is 14.7 Å². The Morgan fingerprint density at radius 1 is 1.33 bits per heavy atom. The number of hydrogen-bond acceptors (Lipinski definition) is 4. The van der Waals surface area contributed by atoms with Crippen molar-refractivity contribution in [2.45, 2.75) is 26.2 Å². The number of anilines is 1. The molecule has 2 N–H and O–H groups in total. The molecule has 24 heavy (non-hydrogen) atoms. The fraction of sp³-hybridized carbons (Fsp3) is 0.333. The highest BCUT2D eigenvalue weighted by Gasteiger charge is 2.28. The van der Waals surface area contributed by atoms with Crippen molar-refractivity contribution in [1.29, 1.82) is 0 Å². The summed E-state index contributed by atoms with van der Waals surface area (Å²) in [4.78, 5) is 24.8. The van der Waals surface area contributed by atoms with Crippen molar-refractivity contribution in [3.8, 4) is 5.75 Å². The van der Waals surface area contributed by atoms with Gasteiger partial charge in [0.2, 0.25) is 0 Å². The van der Waals surface area contributed by atoms with Gasteiger partial charge in [-0.15, -0.1) is 11.3 Å². The molecule has 1 atom stereocenters. The number of aromatic carboxylic acids is 1. The van der Waals surface area contributed by atoms with Crippen LogP contribution in [0, 0.1) is 5.92 Å². The Hall–Kier alpha value is -2.34. The molecule has 1 unspecified atom stereocenters. The maximum Gasteiger partial charge on any atom is 0.339 e. The first-order valence-electron chi connectivity index (χ1n) is 7.90. The van der Waals surface area contributed by atoms with Crippen LogP contribution >= 0.6 is 11.3 Å². The van der Waals surface area contributed by atoms with Gasteiger partial charge in [-0.1, -0.05) is 25.1 Å². The Morgan fingerprint density at radius 2 is 2.08 bits per heavy atom. The number of amides is 1. The summed E-state index contributed by atoms with van der Waals surface area (Å²) in [6, 6.07) is 9.04. The third-order valence-electron chi connectivity index (χ3n) is 4.09. The van der Waals surface area contributed by atoms with Gasteiger partial charge in [0.25, 0.3) is 5.91 Å². The maximum atomic E-state index is 12.1. The molecule has 1 aliphatic carbocycles. The number of ether oxygens (including phenoxy) is 1. The maximum absolute atomic E-state index is 12.1. The lowest BCUT2D eigenvalue weighted by atomic mass is 9.88. The van der Waals surface area contributed by atoms with Crippen LogP contribution in [0.3, 0.4) is 0 Å². The van der Waals surface area contributed by atoms with E-state index in [0.29, 0.717) is 16.7 Å². The van der Waals surface area contributed by atoms with Gasteiger partial charge in [0.1, 0.15) is 10.8 Å². The Bertz CT molecular complexity index is 754. The molecule has 0 radical (unpaired) electrons. The summed E-state index contributed by atoms with van der Waals surface area (Å²) in [5.74, 6) is -0.192. The van der Waals surface area contributed by atoms with Gasteiger partial charge in [-0.3, -0.25) is 4.79 Å². The average molecular weight is 345 g/mol. The minimum absolute atomic E-state index is 0.151. The average Bonchev–Trinajstić information content (AvgIpc) is 2.90. The quantitative estimate of drug-likeness (QED) is 0.868. The Labute approximate surface area is 144 Å². The topological polar surface area (TPSA) is 75.6 Å². The largest absolute Gasteiger partial charge is 0.484 e. The van der Waals surface area contributed by atoms with E-state index in [0.717, 1.165) is 29.7 Å². The number of hydrogen-bond donors (Lipinski definition) is 2. The normalized spacial score (nSPS) is 16.3. The van der Waals surface area contributed by atoms with Crippen LogP contribution in [0.2, 0.25) is 0 Å². The van der Waals surface area contributed by atoms with Crippen molar-refractivity contribution >= 4 is 28.2 Å². The lowest BCUT2D eigenvalue weighted by Crippen LogP contribution is -2.21. The van der Waals surface area contributed by atoms with E-state index in [1.165, 1.54) is 11.3 Å². The predicted molar refractivity (Wildman–Crippen MR) is 93.0 cm³/mol. The first-order chi connectivity index (χ1) is 11.5. The lowest BCUT2D eigenvalue weighted by Gasteiger charge is -2.17. The minimum atomic E-state index is -0.985. The molecule has 1 aromatic heterocycles. The van der Waals surface area contributed by atoms with Crippen LogP contribution in [0.25, 0.3) is 0 Å². The third-order valence-corrected chi connectivity index (χ3v) is 5.26. The van der Waals surface area contributed by atoms with Crippen molar-refractivity contribution in [3.63, 3.8) is 0 Å². The van der Waals surface area contributed by atoms with Crippen LogP contribution in [0.5, 0.6) is 5.75 Å². The van der Waals surface area contributed by atoms with Gasteiger partial charge < -0.3 is 15.2 Å². The number of nitrogens with one attached hydrogen (secondary N) is 1. The molecule has 1 amide bonds. The standard InChI is InChI=1S/C18H19NO4S/c1-11-7-8-13-14(9-11)24-17(16(13)18(21)22)19-15(20)10-23-12-5-3-2-4-6-12/h2-6,11H,7-10H2,1H3,(H,19,20)(H,21,22). The molecule has 0 bridgehead atoms. The SMILES string of the molecule is CC1CCc2c(sc(NC(=O)COc3ccccc3)c2C(=O)O)C1. The van der Waals surface area contributed by atoms with Gasteiger partial charge in [0, 0.05) is 4.88 Å². The van der Waals surface area contributed by atoms with Crippen molar-refractivity contribution in [2.75, 3.05) is 11.9 Å². The Kier molecular flexibility index (Phi) is 4.85. The van der Waals surface area contributed by atoms with E-state index >= 15 is 0 Å². The molecule has 1 aliphatic rings. The second-order valence-electron chi connectivity index (χ2n) is 6.01. The highest BCUT2D eigenvalue weighted by molar-refractivity contribution is 7.17. The second-order valence-corrected chi connectivity index (χ2v) is 7.12. The zero-order chi connectivity index (χ0) is 17.1. The third kappa shape index (κ3) is 3.59. The summed E-state index contributed by atoms with van der Waals surface area (Å²) in [5, 5.41) is 12.6. The van der Waals surface area contributed by atoms with Gasteiger partial charge in [0.15, 0.2) is 6.61 Å². The fourth-order valence-corrected chi connectivity index (χ4v) is 4.31. The number of carboxylic acid groups (broad SMARTS) is 1. The molecule has 0 fully saturated rings. The fourth-order valence-electron chi connectivity index (χ4n) is 2.89. The van der Waals surface area contributed by atoms with Crippen LogP contribution in [0.4, 0.5) is 5.00 Å². The van der Waals surface area contributed by atoms with E-state index in [1.807, 2.05) is 18.2 Å². The number of carbonyl (C=O) groups excluding carboxylic acids is 1. The molecule has 1 aromatic carbocycles. The van der Waals surface area contributed by atoms with E-state index in [4.69, 9.17) is 4.74 Å².